The molecule has 0 aliphatic heterocycles. The highest BCUT2D eigenvalue weighted by Gasteiger charge is 2.24. The number of anilines is 1. The summed E-state index contributed by atoms with van der Waals surface area (Å²) in [4.78, 5) is 13.1. The number of thiophene rings is 1. The Morgan fingerprint density at radius 1 is 1.40 bits per heavy atom. The number of hydrogen-bond acceptors (Lipinski definition) is 4. The highest BCUT2D eigenvalue weighted by Crippen LogP contribution is 2.36. The van der Waals surface area contributed by atoms with Gasteiger partial charge in [-0.15, -0.1) is 11.3 Å². The fourth-order valence-electron chi connectivity index (χ4n) is 2.00. The second kappa shape index (κ2) is 3.83. The summed E-state index contributed by atoms with van der Waals surface area (Å²) in [6.45, 7) is 0. The van der Waals surface area contributed by atoms with Crippen LogP contribution in [0, 0.1) is 0 Å². The Morgan fingerprint density at radius 2 is 2.07 bits per heavy atom. The van der Waals surface area contributed by atoms with Gasteiger partial charge in [-0.05, 0) is 31.2 Å². The lowest BCUT2D eigenvalue weighted by Gasteiger charge is -2.14. The van der Waals surface area contributed by atoms with Crippen LogP contribution in [-0.2, 0) is 12.8 Å². The van der Waals surface area contributed by atoms with Crippen molar-refractivity contribution in [2.75, 3.05) is 12.8 Å². The second-order valence-corrected chi connectivity index (χ2v) is 5.00. The topological polar surface area (TPSA) is 72.3 Å². The summed E-state index contributed by atoms with van der Waals surface area (Å²) < 4.78 is 0. The van der Waals surface area contributed by atoms with Gasteiger partial charge in [0, 0.05) is 11.9 Å². The predicted molar refractivity (Wildman–Crippen MR) is 61.7 cm³/mol. The molecule has 5 heteroatoms. The van der Waals surface area contributed by atoms with Crippen LogP contribution < -0.4 is 11.6 Å². The van der Waals surface area contributed by atoms with Gasteiger partial charge in [0.05, 0.1) is 10.6 Å². The van der Waals surface area contributed by atoms with Crippen LogP contribution >= 0.6 is 11.3 Å². The Bertz CT molecular complexity index is 398. The van der Waals surface area contributed by atoms with Crippen molar-refractivity contribution in [1.82, 2.24) is 5.01 Å². The average molecular weight is 225 g/mol. The standard InChI is InChI=1S/C10H15N3OS/c1-13(12)10(14)8-6-4-2-3-5-7(6)15-9(8)11/h2-5,11-12H2,1H3. The zero-order valence-corrected chi connectivity index (χ0v) is 9.56. The molecule has 0 radical (unpaired) electrons. The summed E-state index contributed by atoms with van der Waals surface area (Å²) in [5.74, 6) is 5.29. The Kier molecular flexibility index (Phi) is 2.67. The summed E-state index contributed by atoms with van der Waals surface area (Å²) in [5.41, 5.74) is 7.64. The third-order valence-electron chi connectivity index (χ3n) is 2.73. The van der Waals surface area contributed by atoms with E-state index in [9.17, 15) is 4.79 Å². The molecule has 1 amide bonds. The number of amides is 1. The molecule has 1 heterocycles. The van der Waals surface area contributed by atoms with Gasteiger partial charge in [-0.1, -0.05) is 0 Å². The Morgan fingerprint density at radius 3 is 2.73 bits per heavy atom. The molecule has 4 nitrogen and oxygen atoms in total. The summed E-state index contributed by atoms with van der Waals surface area (Å²) >= 11 is 1.54. The van der Waals surface area contributed by atoms with Crippen molar-refractivity contribution in [3.05, 3.63) is 16.0 Å². The van der Waals surface area contributed by atoms with Crippen LogP contribution in [0.1, 0.15) is 33.6 Å². The molecule has 0 bridgehead atoms. The van der Waals surface area contributed by atoms with Crippen molar-refractivity contribution in [2.45, 2.75) is 25.7 Å². The number of rotatable bonds is 1. The molecule has 1 aromatic rings. The predicted octanol–water partition coefficient (Wildman–Crippen LogP) is 1.15. The molecule has 0 saturated heterocycles. The number of hydrogen-bond donors (Lipinski definition) is 2. The SMILES string of the molecule is CN(N)C(=O)c1c(N)sc2c1CCCC2. The van der Waals surface area contributed by atoms with E-state index >= 15 is 0 Å². The van der Waals surface area contributed by atoms with Crippen LogP contribution in [0.25, 0.3) is 0 Å². The minimum Gasteiger partial charge on any atom is -0.390 e. The van der Waals surface area contributed by atoms with Gasteiger partial charge in [-0.2, -0.15) is 0 Å². The molecule has 2 rings (SSSR count). The molecule has 15 heavy (non-hydrogen) atoms. The van der Waals surface area contributed by atoms with E-state index in [0.717, 1.165) is 29.8 Å². The largest absolute Gasteiger partial charge is 0.390 e. The van der Waals surface area contributed by atoms with Crippen LogP contribution in [0.3, 0.4) is 0 Å². The number of nitrogen functional groups attached to an aromatic ring is 1. The van der Waals surface area contributed by atoms with E-state index in [4.69, 9.17) is 11.6 Å². The van der Waals surface area contributed by atoms with E-state index in [-0.39, 0.29) is 5.91 Å². The summed E-state index contributed by atoms with van der Waals surface area (Å²) in [6.07, 6.45) is 4.33. The smallest absolute Gasteiger partial charge is 0.270 e. The number of carbonyl (C=O) groups is 1. The minimum absolute atomic E-state index is 0.174. The molecule has 4 N–H and O–H groups in total. The first-order valence-corrected chi connectivity index (χ1v) is 5.85. The highest BCUT2D eigenvalue weighted by atomic mass is 32.1. The molecule has 0 spiro atoms. The fourth-order valence-corrected chi connectivity index (χ4v) is 3.15. The molecule has 1 aromatic heterocycles. The second-order valence-electron chi connectivity index (χ2n) is 3.87. The van der Waals surface area contributed by atoms with Gasteiger partial charge in [0.25, 0.3) is 5.91 Å². The zero-order chi connectivity index (χ0) is 11.0. The van der Waals surface area contributed by atoms with Crippen LogP contribution in [0.2, 0.25) is 0 Å². The lowest BCUT2D eigenvalue weighted by atomic mass is 9.95. The van der Waals surface area contributed by atoms with Gasteiger partial charge in [0.2, 0.25) is 0 Å². The molecule has 82 valence electrons. The van der Waals surface area contributed by atoms with Crippen molar-refractivity contribution in [1.29, 1.82) is 0 Å². The molecule has 1 aliphatic rings. The molecule has 0 fully saturated rings. The quantitative estimate of drug-likeness (QED) is 0.428. The van der Waals surface area contributed by atoms with Crippen molar-refractivity contribution in [3.63, 3.8) is 0 Å². The zero-order valence-electron chi connectivity index (χ0n) is 8.75. The average Bonchev–Trinajstić information content (AvgIpc) is 2.52. The monoisotopic (exact) mass is 225 g/mol. The van der Waals surface area contributed by atoms with Gasteiger partial charge in [0.1, 0.15) is 0 Å². The minimum atomic E-state index is -0.174. The fraction of sp³-hybridized carbons (Fsp3) is 0.500. The maximum absolute atomic E-state index is 11.8. The third-order valence-corrected chi connectivity index (χ3v) is 3.85. The van der Waals surface area contributed by atoms with Gasteiger partial charge in [-0.25, -0.2) is 5.84 Å². The number of fused-ring (bicyclic) bond motifs is 1. The van der Waals surface area contributed by atoms with Crippen LogP contribution in [0.15, 0.2) is 0 Å². The summed E-state index contributed by atoms with van der Waals surface area (Å²) in [6, 6.07) is 0. The van der Waals surface area contributed by atoms with E-state index in [0.29, 0.717) is 10.6 Å². The first kappa shape index (κ1) is 10.4. The molecule has 0 atom stereocenters. The highest BCUT2D eigenvalue weighted by molar-refractivity contribution is 7.16. The first-order valence-electron chi connectivity index (χ1n) is 5.04. The molecule has 0 saturated carbocycles. The number of aryl methyl sites for hydroxylation is 1. The maximum atomic E-state index is 11.8. The number of hydrazine groups is 1. The summed E-state index contributed by atoms with van der Waals surface area (Å²) in [7, 11) is 1.55. The van der Waals surface area contributed by atoms with E-state index in [1.165, 1.54) is 22.6 Å². The van der Waals surface area contributed by atoms with Crippen LogP contribution in [-0.4, -0.2) is 18.0 Å². The Labute approximate surface area is 92.8 Å². The third kappa shape index (κ3) is 1.72. The maximum Gasteiger partial charge on any atom is 0.270 e. The molecule has 0 unspecified atom stereocenters. The number of nitrogens with zero attached hydrogens (tertiary/aromatic N) is 1. The van der Waals surface area contributed by atoms with E-state index in [1.54, 1.807) is 7.05 Å². The number of nitrogens with two attached hydrogens (primary N) is 2. The normalized spacial score (nSPS) is 14.8. The van der Waals surface area contributed by atoms with Crippen molar-refractivity contribution in [2.24, 2.45) is 5.84 Å². The Hall–Kier alpha value is -1.07. The van der Waals surface area contributed by atoms with E-state index in [1.807, 2.05) is 0 Å². The Balaban J connectivity index is 2.46. The van der Waals surface area contributed by atoms with Gasteiger partial charge in [0.15, 0.2) is 0 Å². The first-order chi connectivity index (χ1) is 7.11. The molecule has 1 aliphatic carbocycles. The van der Waals surface area contributed by atoms with Gasteiger partial charge in [-0.3, -0.25) is 9.80 Å². The van der Waals surface area contributed by atoms with E-state index in [2.05, 4.69) is 0 Å². The van der Waals surface area contributed by atoms with Crippen LogP contribution in [0.5, 0.6) is 0 Å². The lowest BCUT2D eigenvalue weighted by Crippen LogP contribution is -2.34. The van der Waals surface area contributed by atoms with E-state index < -0.39 is 0 Å². The summed E-state index contributed by atoms with van der Waals surface area (Å²) in [5, 5.41) is 1.72. The number of carbonyl (C=O) groups excluding carboxylic acids is 1. The molecular formula is C10H15N3OS. The molecule has 0 aromatic carbocycles. The van der Waals surface area contributed by atoms with Crippen molar-refractivity contribution < 1.29 is 4.79 Å². The lowest BCUT2D eigenvalue weighted by molar-refractivity contribution is 0.0795. The van der Waals surface area contributed by atoms with Gasteiger partial charge >= 0.3 is 0 Å². The molecular weight excluding hydrogens is 210 g/mol. The van der Waals surface area contributed by atoms with Crippen molar-refractivity contribution in [3.8, 4) is 0 Å². The van der Waals surface area contributed by atoms with Crippen molar-refractivity contribution >= 4 is 22.2 Å². The van der Waals surface area contributed by atoms with Crippen LogP contribution in [0.4, 0.5) is 5.00 Å². The van der Waals surface area contributed by atoms with Gasteiger partial charge < -0.3 is 5.73 Å².